The lowest BCUT2D eigenvalue weighted by Gasteiger charge is -2.31. The molecular weight excluding hydrogens is 457 g/mol. The predicted molar refractivity (Wildman–Crippen MR) is 126 cm³/mol. The number of fused-ring (bicyclic) bond motifs is 1. The van der Waals surface area contributed by atoms with Crippen LogP contribution in [0.1, 0.15) is 38.2 Å². The molecule has 1 saturated carbocycles. The van der Waals surface area contributed by atoms with E-state index in [9.17, 15) is 22.4 Å². The highest BCUT2D eigenvalue weighted by Crippen LogP contribution is 2.40. The van der Waals surface area contributed by atoms with Gasteiger partial charge in [0.1, 0.15) is 5.82 Å². The smallest absolute Gasteiger partial charge is 0.243 e. The molecule has 2 amide bonds. The zero-order valence-corrected chi connectivity index (χ0v) is 19.9. The number of amides is 2. The van der Waals surface area contributed by atoms with Crippen LogP contribution in [-0.4, -0.2) is 43.7 Å². The van der Waals surface area contributed by atoms with Crippen LogP contribution in [0.3, 0.4) is 0 Å². The molecule has 9 heteroatoms. The van der Waals surface area contributed by atoms with E-state index in [4.69, 9.17) is 0 Å². The first-order valence-electron chi connectivity index (χ1n) is 11.8. The fourth-order valence-electron chi connectivity index (χ4n) is 4.93. The molecule has 3 aliphatic rings. The van der Waals surface area contributed by atoms with Crippen LogP contribution in [0.15, 0.2) is 47.4 Å². The van der Waals surface area contributed by atoms with Crippen molar-refractivity contribution in [1.82, 2.24) is 4.31 Å². The van der Waals surface area contributed by atoms with E-state index in [1.54, 1.807) is 18.2 Å². The Morgan fingerprint density at radius 2 is 1.76 bits per heavy atom. The number of carbonyl (C=O) groups excluding carboxylic acids is 2. The summed E-state index contributed by atoms with van der Waals surface area (Å²) in [6.45, 7) is 2.43. The highest BCUT2D eigenvalue weighted by atomic mass is 32.2. The molecule has 2 aromatic rings. The van der Waals surface area contributed by atoms with Crippen molar-refractivity contribution in [2.45, 2.75) is 50.0 Å². The van der Waals surface area contributed by atoms with E-state index in [0.29, 0.717) is 31.5 Å². The number of sulfonamides is 1. The van der Waals surface area contributed by atoms with Crippen LogP contribution in [0.2, 0.25) is 0 Å². The maximum atomic E-state index is 13.4. The van der Waals surface area contributed by atoms with Gasteiger partial charge in [0.05, 0.1) is 10.8 Å². The van der Waals surface area contributed by atoms with E-state index in [-0.39, 0.29) is 35.2 Å². The highest BCUT2D eigenvalue weighted by molar-refractivity contribution is 7.89. The van der Waals surface area contributed by atoms with Gasteiger partial charge in [-0.1, -0.05) is 0 Å². The number of nitrogens with one attached hydrogen (secondary N) is 1. The van der Waals surface area contributed by atoms with E-state index < -0.39 is 21.8 Å². The van der Waals surface area contributed by atoms with Crippen LogP contribution in [0.5, 0.6) is 0 Å². The van der Waals surface area contributed by atoms with Crippen molar-refractivity contribution in [3.63, 3.8) is 0 Å². The first-order chi connectivity index (χ1) is 16.2. The number of benzene rings is 2. The number of anilines is 2. The quantitative estimate of drug-likeness (QED) is 0.702. The molecular formula is C25H28FN3O4S. The Morgan fingerprint density at radius 3 is 2.47 bits per heavy atom. The minimum atomic E-state index is -3.79. The molecule has 34 heavy (non-hydrogen) atoms. The maximum absolute atomic E-state index is 13.4. The molecule has 0 aromatic heterocycles. The summed E-state index contributed by atoms with van der Waals surface area (Å²) >= 11 is 0. The molecule has 7 nitrogen and oxygen atoms in total. The summed E-state index contributed by atoms with van der Waals surface area (Å²) < 4.78 is 41.4. The first-order valence-corrected chi connectivity index (χ1v) is 13.2. The van der Waals surface area contributed by atoms with Crippen molar-refractivity contribution in [2.75, 3.05) is 23.3 Å². The Kier molecular flexibility index (Phi) is 5.93. The topological polar surface area (TPSA) is 86.8 Å². The number of nitrogens with zero attached hydrogens (tertiary/aromatic N) is 2. The molecule has 1 N–H and O–H groups in total. The molecule has 2 heterocycles. The first kappa shape index (κ1) is 23.0. The fourth-order valence-corrected chi connectivity index (χ4v) is 6.51. The van der Waals surface area contributed by atoms with Crippen molar-refractivity contribution >= 4 is 33.2 Å². The lowest BCUT2D eigenvalue weighted by Crippen LogP contribution is -2.43. The normalized spacial score (nSPS) is 22.9. The van der Waals surface area contributed by atoms with E-state index in [1.165, 1.54) is 28.6 Å². The SMILES string of the molecule is CC1Cc2cc(S(=O)(=O)N3CCCC(C(=O)Nc4ccc(F)cc4)C3)ccc2N1C(=O)C1CC1. The number of hydrogen-bond donors (Lipinski definition) is 1. The van der Waals surface area contributed by atoms with Gasteiger partial charge >= 0.3 is 0 Å². The third-order valence-electron chi connectivity index (χ3n) is 6.94. The van der Waals surface area contributed by atoms with Crippen molar-refractivity contribution < 1.29 is 22.4 Å². The molecule has 2 atom stereocenters. The van der Waals surface area contributed by atoms with Crippen molar-refractivity contribution in [1.29, 1.82) is 0 Å². The second-order valence-corrected chi connectivity index (χ2v) is 11.5. The average Bonchev–Trinajstić information content (AvgIpc) is 3.62. The minimum Gasteiger partial charge on any atom is -0.326 e. The van der Waals surface area contributed by atoms with Gasteiger partial charge in [-0.05, 0) is 87.1 Å². The number of carbonyl (C=O) groups is 2. The molecule has 2 unspecified atom stereocenters. The van der Waals surface area contributed by atoms with Gasteiger partial charge in [0.2, 0.25) is 21.8 Å². The molecule has 2 aliphatic heterocycles. The van der Waals surface area contributed by atoms with E-state index in [0.717, 1.165) is 24.1 Å². The predicted octanol–water partition coefficient (Wildman–Crippen LogP) is 3.55. The Morgan fingerprint density at radius 1 is 1.03 bits per heavy atom. The number of piperidine rings is 1. The largest absolute Gasteiger partial charge is 0.326 e. The van der Waals surface area contributed by atoms with E-state index in [2.05, 4.69) is 5.32 Å². The zero-order chi connectivity index (χ0) is 24.0. The molecule has 1 aliphatic carbocycles. The molecule has 180 valence electrons. The molecule has 2 aromatic carbocycles. The Labute approximate surface area is 199 Å². The summed E-state index contributed by atoms with van der Waals surface area (Å²) in [6, 6.07) is 10.5. The molecule has 0 bridgehead atoms. The molecule has 2 fully saturated rings. The molecule has 5 rings (SSSR count). The van der Waals surface area contributed by atoms with Crippen LogP contribution in [-0.2, 0) is 26.0 Å². The Bertz CT molecular complexity index is 1230. The molecule has 1 saturated heterocycles. The lowest BCUT2D eigenvalue weighted by atomic mass is 9.99. The molecule has 0 radical (unpaired) electrons. The summed E-state index contributed by atoms with van der Waals surface area (Å²) in [7, 11) is -3.79. The monoisotopic (exact) mass is 485 g/mol. The Balaban J connectivity index is 1.31. The molecule has 0 spiro atoms. The van der Waals surface area contributed by atoms with Crippen LogP contribution in [0, 0.1) is 17.7 Å². The lowest BCUT2D eigenvalue weighted by molar-refractivity contribution is -0.121. The summed E-state index contributed by atoms with van der Waals surface area (Å²) in [6.07, 6.45) is 3.63. The number of hydrogen-bond acceptors (Lipinski definition) is 4. The van der Waals surface area contributed by atoms with E-state index >= 15 is 0 Å². The number of halogens is 1. The van der Waals surface area contributed by atoms with Gasteiger partial charge in [-0.3, -0.25) is 9.59 Å². The average molecular weight is 486 g/mol. The summed E-state index contributed by atoms with van der Waals surface area (Å²) in [5, 5.41) is 2.75. The fraction of sp³-hybridized carbons (Fsp3) is 0.440. The second-order valence-electron chi connectivity index (χ2n) is 9.52. The number of rotatable bonds is 5. The maximum Gasteiger partial charge on any atom is 0.243 e. The van der Waals surface area contributed by atoms with Gasteiger partial charge in [-0.25, -0.2) is 12.8 Å². The van der Waals surface area contributed by atoms with Crippen LogP contribution in [0.25, 0.3) is 0 Å². The van der Waals surface area contributed by atoms with Crippen molar-refractivity contribution in [3.05, 3.63) is 53.8 Å². The van der Waals surface area contributed by atoms with Crippen molar-refractivity contribution in [3.8, 4) is 0 Å². The summed E-state index contributed by atoms with van der Waals surface area (Å²) in [5.41, 5.74) is 2.15. The van der Waals surface area contributed by atoms with Crippen LogP contribution >= 0.6 is 0 Å². The summed E-state index contributed by atoms with van der Waals surface area (Å²) in [4.78, 5) is 27.5. The third-order valence-corrected chi connectivity index (χ3v) is 8.80. The van der Waals surface area contributed by atoms with Crippen LogP contribution in [0.4, 0.5) is 15.8 Å². The second kappa shape index (κ2) is 8.78. The zero-order valence-electron chi connectivity index (χ0n) is 19.0. The standard InChI is InChI=1S/C25H28FN3O4S/c1-16-13-19-14-22(10-11-23(19)29(16)25(31)17-4-5-17)34(32,33)28-12-2-3-18(15-28)24(30)27-21-8-6-20(26)7-9-21/h6-11,14,16-18H,2-5,12-13,15H2,1H3,(H,27,30). The van der Waals surface area contributed by atoms with Crippen LogP contribution < -0.4 is 10.2 Å². The third kappa shape index (κ3) is 4.34. The summed E-state index contributed by atoms with van der Waals surface area (Å²) in [5.74, 6) is -0.925. The van der Waals surface area contributed by atoms with Gasteiger partial charge in [0.15, 0.2) is 0 Å². The minimum absolute atomic E-state index is 0.00979. The van der Waals surface area contributed by atoms with Crippen molar-refractivity contribution in [2.24, 2.45) is 11.8 Å². The van der Waals surface area contributed by atoms with Gasteiger partial charge in [0, 0.05) is 36.4 Å². The van der Waals surface area contributed by atoms with Gasteiger partial charge in [-0.15, -0.1) is 0 Å². The Hall–Kier alpha value is -2.78. The van der Waals surface area contributed by atoms with Gasteiger partial charge < -0.3 is 10.2 Å². The van der Waals surface area contributed by atoms with Gasteiger partial charge in [0.25, 0.3) is 0 Å². The van der Waals surface area contributed by atoms with Gasteiger partial charge in [-0.2, -0.15) is 4.31 Å². The highest BCUT2D eigenvalue weighted by Gasteiger charge is 2.40. The van der Waals surface area contributed by atoms with E-state index in [1.807, 2.05) is 11.8 Å².